The average Bonchev–Trinajstić information content (AvgIpc) is 2.34. The summed E-state index contributed by atoms with van der Waals surface area (Å²) in [6.07, 6.45) is -4.67. The molecule has 1 aromatic carbocycles. The largest absolute Gasteiger partial charge is 0.478 e. The van der Waals surface area contributed by atoms with Gasteiger partial charge in [-0.1, -0.05) is 13.8 Å². The molecular formula is C14H16F3NO5S. The van der Waals surface area contributed by atoms with Crippen molar-refractivity contribution in [3.63, 3.8) is 0 Å². The molecule has 24 heavy (non-hydrogen) atoms. The molecule has 0 saturated heterocycles. The molecule has 0 spiro atoms. The van der Waals surface area contributed by atoms with Crippen LogP contribution in [-0.2, 0) is 14.6 Å². The van der Waals surface area contributed by atoms with Crippen molar-refractivity contribution in [1.82, 2.24) is 0 Å². The Bertz CT molecular complexity index is 769. The Kier molecular flexibility index (Phi) is 5.34. The number of hydrogen-bond acceptors (Lipinski definition) is 4. The summed E-state index contributed by atoms with van der Waals surface area (Å²) in [6, 6.07) is 2.85. The topological polar surface area (TPSA) is 101 Å². The summed E-state index contributed by atoms with van der Waals surface area (Å²) in [5.41, 5.74) is -2.91. The van der Waals surface area contributed by atoms with Gasteiger partial charge in [0.1, 0.15) is 0 Å². The van der Waals surface area contributed by atoms with Gasteiger partial charge in [0.2, 0.25) is 5.91 Å². The fraction of sp³-hybridized carbons (Fsp3) is 0.429. The molecule has 0 aromatic heterocycles. The van der Waals surface area contributed by atoms with Crippen LogP contribution < -0.4 is 5.32 Å². The van der Waals surface area contributed by atoms with Crippen LogP contribution in [0.3, 0.4) is 0 Å². The zero-order chi connectivity index (χ0) is 18.9. The first-order valence-electron chi connectivity index (χ1n) is 6.58. The Morgan fingerprint density at radius 1 is 1.17 bits per heavy atom. The van der Waals surface area contributed by atoms with E-state index in [1.165, 1.54) is 0 Å². The number of sulfone groups is 1. The molecule has 0 bridgehead atoms. The van der Waals surface area contributed by atoms with Gasteiger partial charge in [0.25, 0.3) is 0 Å². The first-order chi connectivity index (χ1) is 10.6. The van der Waals surface area contributed by atoms with Gasteiger partial charge >= 0.3 is 12.1 Å². The summed E-state index contributed by atoms with van der Waals surface area (Å²) in [4.78, 5) is 22.5. The lowest BCUT2D eigenvalue weighted by Crippen LogP contribution is -2.35. The number of hydrogen-bond donors (Lipinski definition) is 2. The maximum Gasteiger partial charge on any atom is 0.394 e. The Labute approximate surface area is 136 Å². The van der Waals surface area contributed by atoms with Crippen molar-refractivity contribution in [3.8, 4) is 0 Å². The van der Waals surface area contributed by atoms with Crippen molar-refractivity contribution in [2.45, 2.75) is 31.3 Å². The predicted octanol–water partition coefficient (Wildman–Crippen LogP) is 2.71. The second-order valence-corrected chi connectivity index (χ2v) is 7.95. The third kappa shape index (κ3) is 4.95. The van der Waals surface area contributed by atoms with E-state index in [4.69, 9.17) is 5.11 Å². The molecule has 134 valence electrons. The van der Waals surface area contributed by atoms with Gasteiger partial charge in [-0.25, -0.2) is 13.2 Å². The van der Waals surface area contributed by atoms with Crippen molar-refractivity contribution in [2.24, 2.45) is 5.41 Å². The van der Waals surface area contributed by atoms with Gasteiger partial charge < -0.3 is 10.4 Å². The molecule has 1 aromatic rings. The van der Waals surface area contributed by atoms with Gasteiger partial charge in [0, 0.05) is 18.4 Å². The van der Waals surface area contributed by atoms with Gasteiger partial charge in [-0.15, -0.1) is 0 Å². The van der Waals surface area contributed by atoms with E-state index in [2.05, 4.69) is 5.32 Å². The third-order valence-corrected chi connectivity index (χ3v) is 4.33. The second kappa shape index (κ2) is 6.42. The lowest BCUT2D eigenvalue weighted by molar-refractivity contribution is -0.213. The van der Waals surface area contributed by atoms with Crippen LogP contribution in [-0.4, -0.2) is 37.8 Å². The summed E-state index contributed by atoms with van der Waals surface area (Å²) in [5.74, 6) is -2.45. The standard InChI is InChI=1S/C14H16F3NO5S/c1-13(2,14(15,16)17)7-11(19)18-9-4-8(12(20)21)5-10(6-9)24(3,22)23/h4-6H,7H2,1-3H3,(H,18,19)(H,20,21). The summed E-state index contributed by atoms with van der Waals surface area (Å²) in [7, 11) is -3.77. The van der Waals surface area contributed by atoms with E-state index in [9.17, 15) is 31.2 Å². The first kappa shape index (κ1) is 19.9. The number of aromatic carboxylic acids is 1. The minimum atomic E-state index is -4.61. The van der Waals surface area contributed by atoms with Crippen molar-refractivity contribution in [3.05, 3.63) is 23.8 Å². The molecule has 0 fully saturated rings. The Hall–Kier alpha value is -2.10. The number of alkyl halides is 3. The second-order valence-electron chi connectivity index (χ2n) is 5.93. The van der Waals surface area contributed by atoms with Gasteiger partial charge in [-0.05, 0) is 18.2 Å². The number of benzene rings is 1. The number of rotatable bonds is 5. The highest BCUT2D eigenvalue weighted by atomic mass is 32.2. The molecule has 0 aliphatic heterocycles. The smallest absolute Gasteiger partial charge is 0.394 e. The quantitative estimate of drug-likeness (QED) is 0.833. The Morgan fingerprint density at radius 2 is 1.71 bits per heavy atom. The van der Waals surface area contributed by atoms with Crippen LogP contribution in [0.5, 0.6) is 0 Å². The fourth-order valence-electron chi connectivity index (χ4n) is 1.72. The van der Waals surface area contributed by atoms with Crippen LogP contribution in [0.25, 0.3) is 0 Å². The van der Waals surface area contributed by atoms with E-state index in [0.29, 0.717) is 0 Å². The maximum absolute atomic E-state index is 12.8. The van der Waals surface area contributed by atoms with Crippen LogP contribution >= 0.6 is 0 Å². The molecule has 6 nitrogen and oxygen atoms in total. The summed E-state index contributed by atoms with van der Waals surface area (Å²) in [5, 5.41) is 11.1. The van der Waals surface area contributed by atoms with E-state index in [1.54, 1.807) is 0 Å². The fourth-order valence-corrected chi connectivity index (χ4v) is 2.40. The van der Waals surface area contributed by atoms with E-state index in [0.717, 1.165) is 38.3 Å². The highest BCUT2D eigenvalue weighted by Crippen LogP contribution is 2.40. The third-order valence-electron chi connectivity index (χ3n) is 3.24. The normalized spacial score (nSPS) is 12.8. The minimum Gasteiger partial charge on any atom is -0.478 e. The number of amides is 1. The van der Waals surface area contributed by atoms with Crippen LogP contribution in [0.2, 0.25) is 0 Å². The van der Waals surface area contributed by atoms with Gasteiger partial charge in [0.05, 0.1) is 15.9 Å². The van der Waals surface area contributed by atoms with Gasteiger partial charge in [-0.2, -0.15) is 13.2 Å². The van der Waals surface area contributed by atoms with E-state index < -0.39 is 45.3 Å². The zero-order valence-corrected chi connectivity index (χ0v) is 13.9. The van der Waals surface area contributed by atoms with Gasteiger partial charge in [0.15, 0.2) is 9.84 Å². The number of carboxylic acid groups (broad SMARTS) is 1. The first-order valence-corrected chi connectivity index (χ1v) is 8.48. The molecule has 0 unspecified atom stereocenters. The molecule has 10 heteroatoms. The zero-order valence-electron chi connectivity index (χ0n) is 13.1. The Morgan fingerprint density at radius 3 is 2.12 bits per heavy atom. The molecule has 1 amide bonds. The average molecular weight is 367 g/mol. The lowest BCUT2D eigenvalue weighted by Gasteiger charge is -2.26. The molecule has 0 radical (unpaired) electrons. The number of carbonyl (C=O) groups is 2. The molecule has 0 aliphatic carbocycles. The molecule has 0 saturated carbocycles. The Balaban J connectivity index is 3.13. The number of anilines is 1. The van der Waals surface area contributed by atoms with Crippen LogP contribution in [0, 0.1) is 5.41 Å². The number of halogens is 3. The maximum atomic E-state index is 12.8. The summed E-state index contributed by atoms with van der Waals surface area (Å²) in [6.45, 7) is 1.70. The number of nitrogens with one attached hydrogen (secondary N) is 1. The van der Waals surface area contributed by atoms with E-state index in [1.807, 2.05) is 0 Å². The van der Waals surface area contributed by atoms with Crippen LogP contribution in [0.4, 0.5) is 18.9 Å². The molecule has 0 aliphatic rings. The van der Waals surface area contributed by atoms with Crippen molar-refractivity contribution < 1.29 is 36.3 Å². The van der Waals surface area contributed by atoms with E-state index >= 15 is 0 Å². The summed E-state index contributed by atoms with van der Waals surface area (Å²) >= 11 is 0. The highest BCUT2D eigenvalue weighted by molar-refractivity contribution is 7.90. The molecule has 0 atom stereocenters. The number of carbonyl (C=O) groups excluding carboxylic acids is 1. The molecule has 0 heterocycles. The number of carboxylic acids is 1. The van der Waals surface area contributed by atoms with E-state index in [-0.39, 0.29) is 10.6 Å². The van der Waals surface area contributed by atoms with Crippen LogP contribution in [0.15, 0.2) is 23.1 Å². The van der Waals surface area contributed by atoms with Gasteiger partial charge in [-0.3, -0.25) is 4.79 Å². The van der Waals surface area contributed by atoms with Crippen LogP contribution in [0.1, 0.15) is 30.6 Å². The van der Waals surface area contributed by atoms with Crippen molar-refractivity contribution in [1.29, 1.82) is 0 Å². The SMILES string of the molecule is CC(C)(CC(=O)Nc1cc(C(=O)O)cc(S(C)(=O)=O)c1)C(F)(F)F. The van der Waals surface area contributed by atoms with Crippen molar-refractivity contribution in [2.75, 3.05) is 11.6 Å². The molecule has 1 rings (SSSR count). The predicted molar refractivity (Wildman–Crippen MR) is 79.6 cm³/mol. The molecular weight excluding hydrogens is 351 g/mol. The summed E-state index contributed by atoms with van der Waals surface area (Å²) < 4.78 is 61.5. The lowest BCUT2D eigenvalue weighted by atomic mass is 9.88. The highest BCUT2D eigenvalue weighted by Gasteiger charge is 2.48. The molecule has 2 N–H and O–H groups in total. The minimum absolute atomic E-state index is 0.210. The van der Waals surface area contributed by atoms with Crippen molar-refractivity contribution >= 4 is 27.4 Å². The monoisotopic (exact) mass is 367 g/mol.